The van der Waals surface area contributed by atoms with Crippen LogP contribution in [0.25, 0.3) is 16.6 Å². The average molecular weight is 317 g/mol. The number of carboxylic acids is 1. The highest BCUT2D eigenvalue weighted by Gasteiger charge is 2.16. The second-order valence-corrected chi connectivity index (χ2v) is 4.98. The molecule has 0 aliphatic rings. The van der Waals surface area contributed by atoms with Gasteiger partial charge in [0.15, 0.2) is 5.69 Å². The first kappa shape index (κ1) is 11.9. The molecule has 0 aliphatic heterocycles. The quantitative estimate of drug-likeness (QED) is 0.787. The van der Waals surface area contributed by atoms with Gasteiger partial charge in [-0.3, -0.25) is 0 Å². The Labute approximate surface area is 117 Å². The van der Waals surface area contributed by atoms with Crippen LogP contribution in [-0.4, -0.2) is 20.9 Å². The van der Waals surface area contributed by atoms with Crippen molar-refractivity contribution in [2.24, 2.45) is 0 Å². The van der Waals surface area contributed by atoms with E-state index in [0.29, 0.717) is 5.39 Å². The summed E-state index contributed by atoms with van der Waals surface area (Å²) in [5, 5.41) is 14.0. The average Bonchev–Trinajstić information content (AvgIpc) is 2.78. The van der Waals surface area contributed by atoms with Crippen molar-refractivity contribution in [3.8, 4) is 5.69 Å². The highest BCUT2D eigenvalue weighted by Crippen LogP contribution is 2.23. The second-order valence-electron chi connectivity index (χ2n) is 4.06. The van der Waals surface area contributed by atoms with Gasteiger partial charge in [0, 0.05) is 9.86 Å². The second kappa shape index (κ2) is 4.51. The largest absolute Gasteiger partial charge is 0.476 e. The Kier molecular flexibility index (Phi) is 2.83. The zero-order chi connectivity index (χ0) is 13.4. The topological polar surface area (TPSA) is 55.1 Å². The number of aromatic carboxylic acids is 1. The fourth-order valence-corrected chi connectivity index (χ4v) is 2.42. The van der Waals surface area contributed by atoms with Crippen LogP contribution < -0.4 is 0 Å². The van der Waals surface area contributed by atoms with Crippen LogP contribution in [0.5, 0.6) is 0 Å². The molecule has 0 radical (unpaired) electrons. The van der Waals surface area contributed by atoms with Crippen LogP contribution in [0.2, 0.25) is 0 Å². The number of carbonyl (C=O) groups is 1. The molecule has 1 heterocycles. The van der Waals surface area contributed by atoms with Crippen LogP contribution in [0.4, 0.5) is 0 Å². The first-order chi connectivity index (χ1) is 9.16. The molecule has 4 nitrogen and oxygen atoms in total. The highest BCUT2D eigenvalue weighted by molar-refractivity contribution is 9.10. The van der Waals surface area contributed by atoms with Gasteiger partial charge in [-0.15, -0.1) is 0 Å². The van der Waals surface area contributed by atoms with Crippen molar-refractivity contribution >= 4 is 32.8 Å². The van der Waals surface area contributed by atoms with E-state index in [1.165, 1.54) is 0 Å². The van der Waals surface area contributed by atoms with E-state index in [9.17, 15) is 9.90 Å². The molecule has 1 N–H and O–H groups in total. The van der Waals surface area contributed by atoms with Crippen LogP contribution in [0.1, 0.15) is 10.5 Å². The normalized spacial score (nSPS) is 10.8. The van der Waals surface area contributed by atoms with Crippen molar-refractivity contribution in [3.05, 3.63) is 58.7 Å². The lowest BCUT2D eigenvalue weighted by atomic mass is 10.2. The van der Waals surface area contributed by atoms with Crippen LogP contribution in [-0.2, 0) is 0 Å². The summed E-state index contributed by atoms with van der Waals surface area (Å²) in [6.45, 7) is 0. The molecule has 0 saturated heterocycles. The Bertz CT molecular complexity index is 780. The molecule has 19 heavy (non-hydrogen) atoms. The smallest absolute Gasteiger partial charge is 0.357 e. The minimum absolute atomic E-state index is 0.0653. The SMILES string of the molecule is O=C(O)c1nn(-c2cccc(Br)c2)c2ccccc12. The highest BCUT2D eigenvalue weighted by atomic mass is 79.9. The summed E-state index contributed by atoms with van der Waals surface area (Å²) < 4.78 is 2.56. The number of para-hydroxylation sites is 1. The molecule has 0 bridgehead atoms. The van der Waals surface area contributed by atoms with Gasteiger partial charge in [-0.1, -0.05) is 40.2 Å². The van der Waals surface area contributed by atoms with Gasteiger partial charge >= 0.3 is 5.97 Å². The summed E-state index contributed by atoms with van der Waals surface area (Å²) in [6.07, 6.45) is 0. The number of carboxylic acid groups (broad SMARTS) is 1. The number of hydrogen-bond acceptors (Lipinski definition) is 2. The fourth-order valence-electron chi connectivity index (χ4n) is 2.03. The fraction of sp³-hybridized carbons (Fsp3) is 0. The van der Waals surface area contributed by atoms with E-state index in [4.69, 9.17) is 0 Å². The Hall–Kier alpha value is -2.14. The van der Waals surface area contributed by atoms with Crippen LogP contribution in [0.3, 0.4) is 0 Å². The molecule has 3 rings (SSSR count). The van der Waals surface area contributed by atoms with E-state index in [1.54, 1.807) is 10.7 Å². The van der Waals surface area contributed by atoms with Crippen molar-refractivity contribution < 1.29 is 9.90 Å². The van der Waals surface area contributed by atoms with Crippen molar-refractivity contribution in [1.29, 1.82) is 0 Å². The number of aromatic nitrogens is 2. The molecule has 94 valence electrons. The molecule has 0 fully saturated rings. The summed E-state index contributed by atoms with van der Waals surface area (Å²) in [5.41, 5.74) is 1.66. The third kappa shape index (κ3) is 2.02. The van der Waals surface area contributed by atoms with Crippen LogP contribution in [0.15, 0.2) is 53.0 Å². The van der Waals surface area contributed by atoms with Gasteiger partial charge < -0.3 is 5.11 Å². The van der Waals surface area contributed by atoms with E-state index < -0.39 is 5.97 Å². The van der Waals surface area contributed by atoms with Gasteiger partial charge in [0.1, 0.15) is 0 Å². The summed E-state index contributed by atoms with van der Waals surface area (Å²) in [6, 6.07) is 14.9. The molecule has 0 amide bonds. The number of hydrogen-bond donors (Lipinski definition) is 1. The predicted molar refractivity (Wildman–Crippen MR) is 75.7 cm³/mol. The predicted octanol–water partition coefficient (Wildman–Crippen LogP) is 3.49. The monoisotopic (exact) mass is 316 g/mol. The zero-order valence-corrected chi connectivity index (χ0v) is 11.3. The molecule has 1 aromatic heterocycles. The summed E-state index contributed by atoms with van der Waals surface area (Å²) in [7, 11) is 0. The third-order valence-electron chi connectivity index (χ3n) is 2.84. The van der Waals surface area contributed by atoms with E-state index in [0.717, 1.165) is 15.7 Å². The summed E-state index contributed by atoms with van der Waals surface area (Å²) >= 11 is 3.40. The van der Waals surface area contributed by atoms with Crippen molar-refractivity contribution in [2.75, 3.05) is 0 Å². The van der Waals surface area contributed by atoms with Gasteiger partial charge in [-0.05, 0) is 24.3 Å². The molecule has 3 aromatic rings. The maximum atomic E-state index is 11.2. The lowest BCUT2D eigenvalue weighted by molar-refractivity contribution is 0.0692. The molecule has 5 heteroatoms. The summed E-state index contributed by atoms with van der Waals surface area (Å²) in [4.78, 5) is 11.2. The standard InChI is InChI=1S/C14H9BrN2O2/c15-9-4-3-5-10(8-9)17-12-7-2-1-6-11(12)13(16-17)14(18)19/h1-8H,(H,18,19). The summed E-state index contributed by atoms with van der Waals surface area (Å²) in [5.74, 6) is -1.02. The van der Waals surface area contributed by atoms with E-state index in [1.807, 2.05) is 42.5 Å². The zero-order valence-electron chi connectivity index (χ0n) is 9.75. The molecule has 0 aliphatic carbocycles. The first-order valence-corrected chi connectivity index (χ1v) is 6.43. The van der Waals surface area contributed by atoms with Gasteiger partial charge in [0.2, 0.25) is 0 Å². The van der Waals surface area contributed by atoms with E-state index >= 15 is 0 Å². The minimum Gasteiger partial charge on any atom is -0.476 e. The minimum atomic E-state index is -1.02. The maximum Gasteiger partial charge on any atom is 0.357 e. The molecule has 2 aromatic carbocycles. The van der Waals surface area contributed by atoms with Gasteiger partial charge in [-0.25, -0.2) is 9.48 Å². The molecule has 0 atom stereocenters. The Balaban J connectivity index is 2.33. The molecular formula is C14H9BrN2O2. The number of benzene rings is 2. The van der Waals surface area contributed by atoms with Crippen molar-refractivity contribution in [3.63, 3.8) is 0 Å². The van der Waals surface area contributed by atoms with Crippen LogP contribution in [0, 0.1) is 0 Å². The van der Waals surface area contributed by atoms with E-state index in [2.05, 4.69) is 21.0 Å². The van der Waals surface area contributed by atoms with Gasteiger partial charge in [0.25, 0.3) is 0 Å². The number of rotatable bonds is 2. The number of nitrogens with zero attached hydrogens (tertiary/aromatic N) is 2. The third-order valence-corrected chi connectivity index (χ3v) is 3.34. The molecule has 0 spiro atoms. The number of fused-ring (bicyclic) bond motifs is 1. The lowest BCUT2D eigenvalue weighted by Gasteiger charge is -2.03. The maximum absolute atomic E-state index is 11.2. The van der Waals surface area contributed by atoms with Crippen molar-refractivity contribution in [2.45, 2.75) is 0 Å². The van der Waals surface area contributed by atoms with Crippen LogP contribution >= 0.6 is 15.9 Å². The Morgan fingerprint density at radius 1 is 1.16 bits per heavy atom. The number of halogens is 1. The van der Waals surface area contributed by atoms with Gasteiger partial charge in [-0.2, -0.15) is 5.10 Å². The Morgan fingerprint density at radius 3 is 2.68 bits per heavy atom. The molecular weight excluding hydrogens is 308 g/mol. The van der Waals surface area contributed by atoms with E-state index in [-0.39, 0.29) is 5.69 Å². The lowest BCUT2D eigenvalue weighted by Crippen LogP contribution is -2.01. The molecule has 0 saturated carbocycles. The first-order valence-electron chi connectivity index (χ1n) is 5.64. The van der Waals surface area contributed by atoms with Gasteiger partial charge in [0.05, 0.1) is 11.2 Å². The van der Waals surface area contributed by atoms with Crippen molar-refractivity contribution in [1.82, 2.24) is 9.78 Å². The molecule has 0 unspecified atom stereocenters. The Morgan fingerprint density at radius 2 is 1.95 bits per heavy atom.